The number of hydrogen-bond acceptors (Lipinski definition) is 3. The van der Waals surface area contributed by atoms with Gasteiger partial charge in [-0.15, -0.1) is 0 Å². The summed E-state index contributed by atoms with van der Waals surface area (Å²) in [6.07, 6.45) is 6.69. The highest BCUT2D eigenvalue weighted by molar-refractivity contribution is 5.85. The molecule has 1 aliphatic carbocycles. The van der Waals surface area contributed by atoms with Gasteiger partial charge in [-0.05, 0) is 36.8 Å². The van der Waals surface area contributed by atoms with Crippen molar-refractivity contribution >= 4 is 11.7 Å². The van der Waals surface area contributed by atoms with Gasteiger partial charge in [-0.3, -0.25) is 0 Å². The van der Waals surface area contributed by atoms with Gasteiger partial charge in [0.25, 0.3) is 0 Å². The number of pyridine rings is 1. The highest BCUT2D eigenvalue weighted by Crippen LogP contribution is 2.43. The van der Waals surface area contributed by atoms with Crippen molar-refractivity contribution in [2.45, 2.75) is 32.6 Å². The molecule has 4 nitrogen and oxygen atoms in total. The van der Waals surface area contributed by atoms with E-state index in [9.17, 15) is 4.79 Å². The number of rotatable bonds is 5. The van der Waals surface area contributed by atoms with Gasteiger partial charge in [0.05, 0.1) is 11.9 Å². The fraction of sp³-hybridized carbons (Fsp3) is 0.538. The predicted molar refractivity (Wildman–Crippen MR) is 66.3 cm³/mol. The van der Waals surface area contributed by atoms with Crippen LogP contribution in [-0.2, 0) is 0 Å². The van der Waals surface area contributed by atoms with E-state index in [2.05, 4.69) is 17.2 Å². The van der Waals surface area contributed by atoms with Gasteiger partial charge in [-0.2, -0.15) is 0 Å². The topological polar surface area (TPSA) is 62.2 Å². The first-order valence-electron chi connectivity index (χ1n) is 6.08. The summed E-state index contributed by atoms with van der Waals surface area (Å²) in [4.78, 5) is 14.5. The molecule has 17 heavy (non-hydrogen) atoms. The molecule has 2 N–H and O–H groups in total. The molecule has 0 aliphatic heterocycles. The van der Waals surface area contributed by atoms with Crippen LogP contribution in [0.3, 0.4) is 0 Å². The number of carboxylic acids is 1. The first kappa shape index (κ1) is 11.9. The van der Waals surface area contributed by atoms with Gasteiger partial charge in [-0.25, -0.2) is 9.78 Å². The number of carboxylic acid groups (broad SMARTS) is 1. The first-order valence-corrected chi connectivity index (χ1v) is 6.08. The van der Waals surface area contributed by atoms with Gasteiger partial charge in [0.2, 0.25) is 0 Å². The lowest BCUT2D eigenvalue weighted by molar-refractivity contribution is 0.0690. The minimum Gasteiger partial charge on any atom is -0.477 e. The van der Waals surface area contributed by atoms with Gasteiger partial charge in [0.1, 0.15) is 5.69 Å². The summed E-state index contributed by atoms with van der Waals surface area (Å²) in [7, 11) is 0. The Morgan fingerprint density at radius 3 is 2.71 bits per heavy atom. The summed E-state index contributed by atoms with van der Waals surface area (Å²) in [6.45, 7) is 3.18. The molecule has 92 valence electrons. The lowest BCUT2D eigenvalue weighted by atomic mass is 9.67. The van der Waals surface area contributed by atoms with Gasteiger partial charge in [0.15, 0.2) is 0 Å². The normalized spacial score (nSPS) is 17.2. The van der Waals surface area contributed by atoms with Crippen LogP contribution in [0, 0.1) is 5.41 Å². The van der Waals surface area contributed by atoms with E-state index in [0.29, 0.717) is 5.41 Å². The zero-order valence-electron chi connectivity index (χ0n) is 10.1. The van der Waals surface area contributed by atoms with Crippen LogP contribution in [0.15, 0.2) is 18.3 Å². The van der Waals surface area contributed by atoms with Crippen molar-refractivity contribution in [2.24, 2.45) is 5.41 Å². The Hall–Kier alpha value is -1.58. The molecule has 1 heterocycles. The quantitative estimate of drug-likeness (QED) is 0.822. The summed E-state index contributed by atoms with van der Waals surface area (Å²) >= 11 is 0. The number of aromatic carboxylic acids is 1. The zero-order valence-corrected chi connectivity index (χ0v) is 10.1. The standard InChI is InChI=1S/C13H18N2O2/c1-2-13(6-3-7-13)9-15-10-4-5-11(12(16)17)14-8-10/h4-5,8,15H,2-3,6-7,9H2,1H3,(H,16,17). The van der Waals surface area contributed by atoms with E-state index in [1.54, 1.807) is 12.3 Å². The number of anilines is 1. The molecule has 1 saturated carbocycles. The molecule has 0 aromatic carbocycles. The summed E-state index contributed by atoms with van der Waals surface area (Å²) in [5.41, 5.74) is 1.44. The highest BCUT2D eigenvalue weighted by Gasteiger charge is 2.34. The van der Waals surface area contributed by atoms with Crippen molar-refractivity contribution in [3.05, 3.63) is 24.0 Å². The Morgan fingerprint density at radius 2 is 2.29 bits per heavy atom. The fourth-order valence-corrected chi connectivity index (χ4v) is 2.25. The molecule has 4 heteroatoms. The van der Waals surface area contributed by atoms with Crippen LogP contribution in [0.5, 0.6) is 0 Å². The largest absolute Gasteiger partial charge is 0.477 e. The summed E-state index contributed by atoms with van der Waals surface area (Å²) in [6, 6.07) is 3.31. The van der Waals surface area contributed by atoms with Crippen molar-refractivity contribution in [1.82, 2.24) is 4.98 Å². The second kappa shape index (κ2) is 4.73. The Morgan fingerprint density at radius 1 is 1.53 bits per heavy atom. The van der Waals surface area contributed by atoms with Gasteiger partial charge in [-0.1, -0.05) is 13.3 Å². The molecule has 0 bridgehead atoms. The molecule has 1 aliphatic rings. The number of hydrogen-bond donors (Lipinski definition) is 2. The Labute approximate surface area is 101 Å². The minimum absolute atomic E-state index is 0.0874. The van der Waals surface area contributed by atoms with Crippen molar-refractivity contribution in [2.75, 3.05) is 11.9 Å². The van der Waals surface area contributed by atoms with Crippen molar-refractivity contribution in [3.63, 3.8) is 0 Å². The molecule has 1 fully saturated rings. The third-order valence-electron chi connectivity index (χ3n) is 3.81. The second-order valence-electron chi connectivity index (χ2n) is 4.80. The fourth-order valence-electron chi connectivity index (χ4n) is 2.25. The number of nitrogens with zero attached hydrogens (tertiary/aromatic N) is 1. The third kappa shape index (κ3) is 2.57. The van der Waals surface area contributed by atoms with E-state index in [-0.39, 0.29) is 5.69 Å². The molecule has 0 radical (unpaired) electrons. The monoisotopic (exact) mass is 234 g/mol. The highest BCUT2D eigenvalue weighted by atomic mass is 16.4. The SMILES string of the molecule is CCC1(CNc2ccc(C(=O)O)nc2)CCC1. The number of aromatic nitrogens is 1. The molecule has 2 rings (SSSR count). The van der Waals surface area contributed by atoms with Crippen LogP contribution in [0.25, 0.3) is 0 Å². The maximum Gasteiger partial charge on any atom is 0.354 e. The maximum atomic E-state index is 10.6. The third-order valence-corrected chi connectivity index (χ3v) is 3.81. The van der Waals surface area contributed by atoms with Crippen LogP contribution < -0.4 is 5.32 Å². The lowest BCUT2D eigenvalue weighted by Gasteiger charge is -2.41. The van der Waals surface area contributed by atoms with Crippen LogP contribution in [0.1, 0.15) is 43.1 Å². The smallest absolute Gasteiger partial charge is 0.354 e. The molecule has 1 aromatic rings. The molecular weight excluding hydrogens is 216 g/mol. The Bertz CT molecular complexity index is 391. The Kier molecular flexibility index (Phi) is 3.31. The van der Waals surface area contributed by atoms with E-state index in [1.807, 2.05) is 0 Å². The minimum atomic E-state index is -0.986. The summed E-state index contributed by atoms with van der Waals surface area (Å²) < 4.78 is 0. The first-order chi connectivity index (χ1) is 8.15. The summed E-state index contributed by atoms with van der Waals surface area (Å²) in [5.74, 6) is -0.986. The van der Waals surface area contributed by atoms with Crippen molar-refractivity contribution < 1.29 is 9.90 Å². The summed E-state index contributed by atoms with van der Waals surface area (Å²) in [5, 5.41) is 12.1. The lowest BCUT2D eigenvalue weighted by Crippen LogP contribution is -2.35. The molecule has 1 aromatic heterocycles. The predicted octanol–water partition coefficient (Wildman–Crippen LogP) is 2.77. The number of nitrogens with one attached hydrogen (secondary N) is 1. The van der Waals surface area contributed by atoms with Gasteiger partial charge in [0, 0.05) is 6.54 Å². The van der Waals surface area contributed by atoms with E-state index < -0.39 is 5.97 Å². The molecule has 0 spiro atoms. The molecule has 0 atom stereocenters. The van der Waals surface area contributed by atoms with E-state index in [0.717, 1.165) is 12.2 Å². The molecule has 0 amide bonds. The van der Waals surface area contributed by atoms with Crippen LogP contribution in [-0.4, -0.2) is 22.6 Å². The van der Waals surface area contributed by atoms with Crippen molar-refractivity contribution in [3.8, 4) is 0 Å². The second-order valence-corrected chi connectivity index (χ2v) is 4.80. The van der Waals surface area contributed by atoms with E-state index >= 15 is 0 Å². The van der Waals surface area contributed by atoms with Crippen LogP contribution in [0.4, 0.5) is 5.69 Å². The van der Waals surface area contributed by atoms with Crippen LogP contribution in [0.2, 0.25) is 0 Å². The molecule has 0 saturated heterocycles. The number of carbonyl (C=O) groups is 1. The zero-order chi connectivity index (χ0) is 12.3. The molecular formula is C13H18N2O2. The van der Waals surface area contributed by atoms with Gasteiger partial charge >= 0.3 is 5.97 Å². The van der Waals surface area contributed by atoms with E-state index in [4.69, 9.17) is 5.11 Å². The van der Waals surface area contributed by atoms with Crippen LogP contribution >= 0.6 is 0 Å². The van der Waals surface area contributed by atoms with E-state index in [1.165, 1.54) is 31.7 Å². The maximum absolute atomic E-state index is 10.6. The average Bonchev–Trinajstić information content (AvgIpc) is 2.29. The van der Waals surface area contributed by atoms with Crippen molar-refractivity contribution in [1.29, 1.82) is 0 Å². The molecule has 0 unspecified atom stereocenters. The van der Waals surface area contributed by atoms with Gasteiger partial charge < -0.3 is 10.4 Å². The average molecular weight is 234 g/mol. The Balaban J connectivity index is 1.93.